The Labute approximate surface area is 123 Å². The van der Waals surface area contributed by atoms with Crippen LogP contribution in [0.25, 0.3) is 0 Å². The van der Waals surface area contributed by atoms with Gasteiger partial charge in [-0.1, -0.05) is 42.5 Å². The first-order valence-corrected chi connectivity index (χ1v) is 7.04. The van der Waals surface area contributed by atoms with E-state index in [0.717, 1.165) is 35.7 Å². The van der Waals surface area contributed by atoms with Gasteiger partial charge in [-0.05, 0) is 17.7 Å². The number of hydrogen-bond acceptors (Lipinski definition) is 3. The largest absolute Gasteiger partial charge is 0.368 e. The van der Waals surface area contributed by atoms with E-state index in [1.807, 2.05) is 54.6 Å². The van der Waals surface area contributed by atoms with Gasteiger partial charge in [-0.15, -0.1) is 0 Å². The maximum atomic E-state index is 12.2. The molecule has 1 heterocycles. The molecule has 3 rings (SSSR count). The van der Waals surface area contributed by atoms with Gasteiger partial charge < -0.3 is 10.6 Å². The minimum Gasteiger partial charge on any atom is -0.368 e. The van der Waals surface area contributed by atoms with Crippen LogP contribution in [0.4, 0.5) is 5.69 Å². The molecule has 21 heavy (non-hydrogen) atoms. The standard InChI is InChI=1S/C17H17N3O/c21-16(12-13-6-2-1-3-7-13)20-15-9-5-4-8-14(15)17-18-10-11-19-17/h1-9H,10-12H2,(H,18,19)(H,20,21). The normalized spacial score (nSPS) is 13.4. The van der Waals surface area contributed by atoms with E-state index in [1.54, 1.807) is 0 Å². The Morgan fingerprint density at radius 2 is 1.86 bits per heavy atom. The van der Waals surface area contributed by atoms with Gasteiger partial charge in [-0.25, -0.2) is 0 Å². The topological polar surface area (TPSA) is 53.5 Å². The molecule has 0 saturated carbocycles. The van der Waals surface area contributed by atoms with Crippen molar-refractivity contribution in [3.8, 4) is 0 Å². The summed E-state index contributed by atoms with van der Waals surface area (Å²) in [5, 5.41) is 6.21. The number of benzene rings is 2. The fourth-order valence-electron chi connectivity index (χ4n) is 2.35. The van der Waals surface area contributed by atoms with Gasteiger partial charge in [-0.2, -0.15) is 0 Å². The molecular formula is C17H17N3O. The van der Waals surface area contributed by atoms with Crippen molar-refractivity contribution in [2.24, 2.45) is 4.99 Å². The highest BCUT2D eigenvalue weighted by Gasteiger charge is 2.13. The van der Waals surface area contributed by atoms with Gasteiger partial charge >= 0.3 is 0 Å². The molecule has 0 radical (unpaired) electrons. The maximum absolute atomic E-state index is 12.2. The smallest absolute Gasteiger partial charge is 0.228 e. The molecule has 106 valence electrons. The number of hydrogen-bond donors (Lipinski definition) is 2. The number of carbonyl (C=O) groups excluding carboxylic acids is 1. The summed E-state index contributed by atoms with van der Waals surface area (Å²) in [5.74, 6) is 0.831. The van der Waals surface area contributed by atoms with Crippen molar-refractivity contribution in [1.29, 1.82) is 0 Å². The molecule has 2 aromatic carbocycles. The lowest BCUT2D eigenvalue weighted by atomic mass is 10.1. The lowest BCUT2D eigenvalue weighted by Gasteiger charge is -2.11. The highest BCUT2D eigenvalue weighted by Crippen LogP contribution is 2.17. The number of amides is 1. The minimum absolute atomic E-state index is 0.0211. The third-order valence-corrected chi connectivity index (χ3v) is 3.34. The van der Waals surface area contributed by atoms with Crippen LogP contribution in [0.15, 0.2) is 59.6 Å². The van der Waals surface area contributed by atoms with Gasteiger partial charge in [0.05, 0.1) is 18.7 Å². The minimum atomic E-state index is -0.0211. The Kier molecular flexibility index (Phi) is 3.96. The molecule has 2 N–H and O–H groups in total. The quantitative estimate of drug-likeness (QED) is 0.901. The van der Waals surface area contributed by atoms with Crippen LogP contribution in [0.5, 0.6) is 0 Å². The predicted molar refractivity (Wildman–Crippen MR) is 84.6 cm³/mol. The van der Waals surface area contributed by atoms with Crippen molar-refractivity contribution >= 4 is 17.4 Å². The highest BCUT2D eigenvalue weighted by atomic mass is 16.1. The average Bonchev–Trinajstić information content (AvgIpc) is 3.03. The number of carbonyl (C=O) groups is 1. The fraction of sp³-hybridized carbons (Fsp3) is 0.176. The number of nitrogens with zero attached hydrogens (tertiary/aromatic N) is 1. The van der Waals surface area contributed by atoms with Gasteiger partial charge in [0.1, 0.15) is 5.84 Å². The Bertz CT molecular complexity index is 665. The van der Waals surface area contributed by atoms with Crippen LogP contribution in [0.2, 0.25) is 0 Å². The lowest BCUT2D eigenvalue weighted by molar-refractivity contribution is -0.115. The maximum Gasteiger partial charge on any atom is 0.228 e. The molecule has 0 unspecified atom stereocenters. The second-order valence-electron chi connectivity index (χ2n) is 4.91. The molecule has 0 atom stereocenters. The summed E-state index contributed by atoms with van der Waals surface area (Å²) in [6.07, 6.45) is 0.370. The summed E-state index contributed by atoms with van der Waals surface area (Å²) in [6.45, 7) is 1.63. The van der Waals surface area contributed by atoms with Crippen molar-refractivity contribution in [3.05, 3.63) is 65.7 Å². The predicted octanol–water partition coefficient (Wildman–Crippen LogP) is 2.22. The van der Waals surface area contributed by atoms with Gasteiger partial charge in [0.25, 0.3) is 0 Å². The fourth-order valence-corrected chi connectivity index (χ4v) is 2.35. The molecule has 0 fully saturated rings. The lowest BCUT2D eigenvalue weighted by Crippen LogP contribution is -2.22. The molecule has 0 saturated heterocycles. The Balaban J connectivity index is 1.74. The third-order valence-electron chi connectivity index (χ3n) is 3.34. The van der Waals surface area contributed by atoms with E-state index in [9.17, 15) is 4.79 Å². The summed E-state index contributed by atoms with van der Waals surface area (Å²) in [6, 6.07) is 17.5. The molecule has 0 bridgehead atoms. The third kappa shape index (κ3) is 3.28. The Morgan fingerprint density at radius 3 is 2.62 bits per heavy atom. The van der Waals surface area contributed by atoms with Gasteiger partial charge in [-0.3, -0.25) is 9.79 Å². The summed E-state index contributed by atoms with van der Waals surface area (Å²) < 4.78 is 0. The van der Waals surface area contributed by atoms with Crippen LogP contribution in [-0.4, -0.2) is 24.8 Å². The number of nitrogens with one attached hydrogen (secondary N) is 2. The van der Waals surface area contributed by atoms with Crippen LogP contribution < -0.4 is 10.6 Å². The van der Waals surface area contributed by atoms with E-state index in [-0.39, 0.29) is 5.91 Å². The zero-order valence-corrected chi connectivity index (χ0v) is 11.7. The molecule has 1 aliphatic heterocycles. The Hall–Kier alpha value is -2.62. The average molecular weight is 279 g/mol. The van der Waals surface area contributed by atoms with E-state index < -0.39 is 0 Å². The number of aliphatic imine (C=N–C) groups is 1. The Morgan fingerprint density at radius 1 is 1.10 bits per heavy atom. The molecule has 2 aromatic rings. The molecular weight excluding hydrogens is 262 g/mol. The molecule has 4 heteroatoms. The SMILES string of the molecule is O=C(Cc1ccccc1)Nc1ccccc1C1=NCCN1. The number of para-hydroxylation sites is 1. The number of rotatable bonds is 4. The van der Waals surface area contributed by atoms with Crippen molar-refractivity contribution in [1.82, 2.24) is 5.32 Å². The second kappa shape index (κ2) is 6.22. The number of anilines is 1. The second-order valence-corrected chi connectivity index (χ2v) is 4.91. The molecule has 4 nitrogen and oxygen atoms in total. The van der Waals surface area contributed by atoms with E-state index in [0.29, 0.717) is 6.42 Å². The first-order chi connectivity index (χ1) is 10.3. The van der Waals surface area contributed by atoms with Crippen LogP contribution in [0.1, 0.15) is 11.1 Å². The van der Waals surface area contributed by atoms with Crippen LogP contribution in [0, 0.1) is 0 Å². The zero-order valence-electron chi connectivity index (χ0n) is 11.7. The van der Waals surface area contributed by atoms with Crippen molar-refractivity contribution in [2.75, 3.05) is 18.4 Å². The van der Waals surface area contributed by atoms with E-state index in [2.05, 4.69) is 15.6 Å². The van der Waals surface area contributed by atoms with E-state index >= 15 is 0 Å². The summed E-state index contributed by atoms with van der Waals surface area (Å²) >= 11 is 0. The summed E-state index contributed by atoms with van der Waals surface area (Å²) in [5.41, 5.74) is 2.74. The van der Waals surface area contributed by atoms with Gasteiger partial charge in [0.15, 0.2) is 0 Å². The van der Waals surface area contributed by atoms with Crippen LogP contribution in [-0.2, 0) is 11.2 Å². The van der Waals surface area contributed by atoms with Gasteiger partial charge in [0, 0.05) is 12.1 Å². The first kappa shape index (κ1) is 13.4. The molecule has 0 aliphatic carbocycles. The molecule has 1 amide bonds. The zero-order chi connectivity index (χ0) is 14.5. The first-order valence-electron chi connectivity index (χ1n) is 7.04. The van der Waals surface area contributed by atoms with Crippen molar-refractivity contribution < 1.29 is 4.79 Å². The molecule has 0 aromatic heterocycles. The van der Waals surface area contributed by atoms with Crippen LogP contribution in [0.3, 0.4) is 0 Å². The van der Waals surface area contributed by atoms with Crippen LogP contribution >= 0.6 is 0 Å². The summed E-state index contributed by atoms with van der Waals surface area (Å²) in [7, 11) is 0. The van der Waals surface area contributed by atoms with E-state index in [1.165, 1.54) is 0 Å². The molecule has 0 spiro atoms. The van der Waals surface area contributed by atoms with Gasteiger partial charge in [0.2, 0.25) is 5.91 Å². The van der Waals surface area contributed by atoms with Crippen molar-refractivity contribution in [2.45, 2.75) is 6.42 Å². The van der Waals surface area contributed by atoms with Crippen molar-refractivity contribution in [3.63, 3.8) is 0 Å². The monoisotopic (exact) mass is 279 g/mol. The number of amidine groups is 1. The highest BCUT2D eigenvalue weighted by molar-refractivity contribution is 6.07. The van der Waals surface area contributed by atoms with E-state index in [4.69, 9.17) is 0 Å². The molecule has 1 aliphatic rings. The summed E-state index contributed by atoms with van der Waals surface area (Å²) in [4.78, 5) is 16.6.